The Morgan fingerprint density at radius 1 is 1.00 bits per heavy atom. The molecule has 0 fully saturated rings. The van der Waals surface area contributed by atoms with Crippen LogP contribution in [-0.2, 0) is 0 Å². The lowest BCUT2D eigenvalue weighted by Gasteiger charge is -2.13. The highest BCUT2D eigenvalue weighted by Gasteiger charge is 2.13. The molecular formula is C16H17ClN2S3. The Balaban J connectivity index is 2.37. The summed E-state index contributed by atoms with van der Waals surface area (Å²) < 4.78 is 0. The average Bonchev–Trinajstić information content (AvgIpc) is 2.59. The zero-order valence-corrected chi connectivity index (χ0v) is 15.8. The van der Waals surface area contributed by atoms with E-state index in [0.29, 0.717) is 5.17 Å². The normalized spacial score (nSPS) is 11.5. The number of para-hydroxylation sites is 1. The summed E-state index contributed by atoms with van der Waals surface area (Å²) in [5.74, 6) is 0. The molecule has 0 aliphatic heterocycles. The summed E-state index contributed by atoms with van der Waals surface area (Å²) in [5, 5.41) is 4.80. The molecule has 116 valence electrons. The Morgan fingerprint density at radius 2 is 1.73 bits per heavy atom. The summed E-state index contributed by atoms with van der Waals surface area (Å²) in [6.45, 7) is 0. The van der Waals surface area contributed by atoms with Crippen molar-refractivity contribution in [2.24, 2.45) is 5.10 Å². The summed E-state index contributed by atoms with van der Waals surface area (Å²) in [7, 11) is 0. The van der Waals surface area contributed by atoms with E-state index in [0.717, 1.165) is 16.1 Å². The van der Waals surface area contributed by atoms with Crippen molar-refractivity contribution in [1.29, 1.82) is 0 Å². The number of halogens is 1. The number of nitrogens with zero attached hydrogens (tertiary/aromatic N) is 1. The van der Waals surface area contributed by atoms with Crippen molar-refractivity contribution in [3.8, 4) is 0 Å². The van der Waals surface area contributed by atoms with Gasteiger partial charge in [0.15, 0.2) is 5.17 Å². The lowest BCUT2D eigenvalue weighted by atomic mass is 10.2. The van der Waals surface area contributed by atoms with Gasteiger partial charge in [-0.15, -0.1) is 35.3 Å². The van der Waals surface area contributed by atoms with Gasteiger partial charge in [-0.1, -0.05) is 29.8 Å². The van der Waals surface area contributed by atoms with Gasteiger partial charge in [0.2, 0.25) is 0 Å². The average molecular weight is 369 g/mol. The van der Waals surface area contributed by atoms with Crippen molar-refractivity contribution in [2.75, 3.05) is 24.2 Å². The second kappa shape index (κ2) is 8.77. The minimum absolute atomic E-state index is 0.472. The highest BCUT2D eigenvalue weighted by atomic mass is 35.5. The van der Waals surface area contributed by atoms with Crippen LogP contribution in [0.1, 0.15) is 5.56 Å². The summed E-state index contributed by atoms with van der Waals surface area (Å²) in [5.41, 5.74) is 4.88. The molecule has 0 saturated heterocycles. The van der Waals surface area contributed by atoms with E-state index in [2.05, 4.69) is 41.4 Å². The first kappa shape index (κ1) is 17.6. The molecule has 0 aromatic heterocycles. The van der Waals surface area contributed by atoms with Gasteiger partial charge in [-0.25, -0.2) is 0 Å². The molecule has 0 bridgehead atoms. The summed E-state index contributed by atoms with van der Waals surface area (Å²) in [4.78, 5) is 3.57. The molecule has 0 heterocycles. The molecule has 2 nitrogen and oxygen atoms in total. The molecule has 0 aliphatic carbocycles. The van der Waals surface area contributed by atoms with Crippen LogP contribution < -0.4 is 5.43 Å². The third-order valence-corrected chi connectivity index (χ3v) is 5.70. The first-order valence-electron chi connectivity index (χ1n) is 6.54. The number of thioether (sulfide) groups is 3. The van der Waals surface area contributed by atoms with Crippen LogP contribution in [0.4, 0.5) is 5.69 Å². The van der Waals surface area contributed by atoms with E-state index in [9.17, 15) is 0 Å². The molecule has 0 aliphatic rings. The molecule has 0 amide bonds. The second-order valence-corrected chi connectivity index (χ2v) is 7.19. The smallest absolute Gasteiger partial charge is 0.157 e. The standard InChI is InChI=1S/C16H17ClN2S3/c1-20-12-9-13(15(22-3)14(10-12)21-2)16(17)19-18-11-7-5-4-6-8-11/h4-10,18H,1-3H3. The third kappa shape index (κ3) is 4.38. The van der Waals surface area contributed by atoms with Crippen LogP contribution in [-0.4, -0.2) is 23.9 Å². The van der Waals surface area contributed by atoms with Crippen LogP contribution in [0.15, 0.2) is 62.3 Å². The topological polar surface area (TPSA) is 24.4 Å². The molecule has 2 aromatic rings. The third-order valence-electron chi connectivity index (χ3n) is 2.97. The lowest BCUT2D eigenvalue weighted by molar-refractivity contribution is 1.17. The first-order valence-corrected chi connectivity index (χ1v) is 10.6. The second-order valence-electron chi connectivity index (χ2n) is 4.29. The molecule has 0 spiro atoms. The minimum atomic E-state index is 0.472. The number of hydrazone groups is 1. The molecule has 2 rings (SSSR count). The number of hydrogen-bond acceptors (Lipinski definition) is 5. The van der Waals surface area contributed by atoms with E-state index < -0.39 is 0 Å². The predicted molar refractivity (Wildman–Crippen MR) is 104 cm³/mol. The van der Waals surface area contributed by atoms with Gasteiger partial charge in [0.1, 0.15) is 0 Å². The van der Waals surface area contributed by atoms with Crippen molar-refractivity contribution in [2.45, 2.75) is 14.7 Å². The Labute approximate surface area is 149 Å². The van der Waals surface area contributed by atoms with Crippen molar-refractivity contribution in [3.63, 3.8) is 0 Å². The van der Waals surface area contributed by atoms with E-state index in [1.165, 1.54) is 9.79 Å². The fraction of sp³-hybridized carbons (Fsp3) is 0.188. The van der Waals surface area contributed by atoms with Crippen LogP contribution in [0.2, 0.25) is 0 Å². The molecule has 0 radical (unpaired) electrons. The largest absolute Gasteiger partial charge is 0.277 e. The zero-order valence-electron chi connectivity index (χ0n) is 12.6. The van der Waals surface area contributed by atoms with Gasteiger partial charge in [0.25, 0.3) is 0 Å². The van der Waals surface area contributed by atoms with Crippen LogP contribution in [0, 0.1) is 0 Å². The molecule has 0 atom stereocenters. The number of benzene rings is 2. The maximum absolute atomic E-state index is 6.45. The molecule has 0 unspecified atom stereocenters. The van der Waals surface area contributed by atoms with Crippen molar-refractivity contribution >= 4 is 57.7 Å². The number of nitrogens with one attached hydrogen (secondary N) is 1. The van der Waals surface area contributed by atoms with Gasteiger partial charge in [0, 0.05) is 20.2 Å². The molecular weight excluding hydrogens is 352 g/mol. The van der Waals surface area contributed by atoms with E-state index in [1.807, 2.05) is 30.3 Å². The molecule has 1 N–H and O–H groups in total. The van der Waals surface area contributed by atoms with Crippen LogP contribution >= 0.6 is 46.9 Å². The minimum Gasteiger partial charge on any atom is -0.277 e. The zero-order chi connectivity index (χ0) is 15.9. The Morgan fingerprint density at radius 3 is 2.32 bits per heavy atom. The molecule has 22 heavy (non-hydrogen) atoms. The highest BCUT2D eigenvalue weighted by Crippen LogP contribution is 2.36. The van der Waals surface area contributed by atoms with Gasteiger partial charge in [-0.2, -0.15) is 5.10 Å². The van der Waals surface area contributed by atoms with Gasteiger partial charge in [0.05, 0.1) is 5.69 Å². The number of hydrogen-bond donors (Lipinski definition) is 1. The van der Waals surface area contributed by atoms with Crippen LogP contribution in [0.3, 0.4) is 0 Å². The van der Waals surface area contributed by atoms with E-state index >= 15 is 0 Å². The Kier molecular flexibility index (Phi) is 7.02. The fourth-order valence-electron chi connectivity index (χ4n) is 1.90. The van der Waals surface area contributed by atoms with Gasteiger partial charge in [-0.3, -0.25) is 5.43 Å². The molecule has 6 heteroatoms. The maximum Gasteiger partial charge on any atom is 0.157 e. The van der Waals surface area contributed by atoms with E-state index in [4.69, 9.17) is 11.6 Å². The summed E-state index contributed by atoms with van der Waals surface area (Å²) in [6.07, 6.45) is 6.21. The van der Waals surface area contributed by atoms with E-state index in [1.54, 1.807) is 35.3 Å². The first-order chi connectivity index (χ1) is 10.7. The van der Waals surface area contributed by atoms with Gasteiger partial charge in [-0.05, 0) is 43.0 Å². The summed E-state index contributed by atoms with van der Waals surface area (Å²) in [6, 6.07) is 14.1. The van der Waals surface area contributed by atoms with Gasteiger partial charge < -0.3 is 0 Å². The van der Waals surface area contributed by atoms with E-state index in [-0.39, 0.29) is 0 Å². The molecule has 0 saturated carbocycles. The monoisotopic (exact) mass is 368 g/mol. The Hall–Kier alpha value is -0.750. The number of anilines is 1. The SMILES string of the molecule is CSc1cc(SC)c(SC)c(C(Cl)=NNc2ccccc2)c1. The van der Waals surface area contributed by atoms with Crippen molar-refractivity contribution < 1.29 is 0 Å². The van der Waals surface area contributed by atoms with Gasteiger partial charge >= 0.3 is 0 Å². The van der Waals surface area contributed by atoms with Crippen molar-refractivity contribution in [1.82, 2.24) is 0 Å². The fourth-order valence-corrected chi connectivity index (χ4v) is 4.37. The number of rotatable bonds is 6. The molecule has 2 aromatic carbocycles. The highest BCUT2D eigenvalue weighted by molar-refractivity contribution is 8.01. The quantitative estimate of drug-likeness (QED) is 0.391. The van der Waals surface area contributed by atoms with Crippen molar-refractivity contribution in [3.05, 3.63) is 48.0 Å². The lowest BCUT2D eigenvalue weighted by Crippen LogP contribution is -2.00. The summed E-state index contributed by atoms with van der Waals surface area (Å²) >= 11 is 11.6. The van der Waals surface area contributed by atoms with Crippen LogP contribution in [0.25, 0.3) is 0 Å². The predicted octanol–water partition coefficient (Wildman–Crippen LogP) is 5.86. The maximum atomic E-state index is 6.45. The van der Waals surface area contributed by atoms with Crippen LogP contribution in [0.5, 0.6) is 0 Å². The Bertz CT molecular complexity index is 660.